The number of halogens is 1. The first-order valence-electron chi connectivity index (χ1n) is 8.19. The molecule has 2 aromatic rings. The Morgan fingerprint density at radius 2 is 2.00 bits per heavy atom. The molecule has 6 heteroatoms. The molecule has 24 heavy (non-hydrogen) atoms. The maximum absolute atomic E-state index is 13.9. The molecule has 1 aromatic heterocycles. The summed E-state index contributed by atoms with van der Waals surface area (Å²) in [6, 6.07) is 6.66. The van der Waals surface area contributed by atoms with E-state index in [2.05, 4.69) is 10.3 Å². The lowest BCUT2D eigenvalue weighted by Gasteiger charge is -2.28. The number of rotatable bonds is 6. The summed E-state index contributed by atoms with van der Waals surface area (Å²) in [7, 11) is 0. The highest BCUT2D eigenvalue weighted by Gasteiger charge is 2.20. The van der Waals surface area contributed by atoms with Crippen molar-refractivity contribution in [3.8, 4) is 0 Å². The molecule has 5 nitrogen and oxygen atoms in total. The molecule has 2 amide bonds. The average Bonchev–Trinajstić information content (AvgIpc) is 2.93. The first-order valence-corrected chi connectivity index (χ1v) is 8.19. The van der Waals surface area contributed by atoms with Gasteiger partial charge >= 0.3 is 6.03 Å². The molecule has 0 saturated carbocycles. The van der Waals surface area contributed by atoms with Crippen LogP contribution in [0, 0.1) is 5.82 Å². The van der Waals surface area contributed by atoms with Gasteiger partial charge in [0.15, 0.2) is 0 Å². The molecule has 130 valence electrons. The van der Waals surface area contributed by atoms with Gasteiger partial charge in [0.1, 0.15) is 11.6 Å². The van der Waals surface area contributed by atoms with Crippen molar-refractivity contribution in [2.45, 2.75) is 52.9 Å². The highest BCUT2D eigenvalue weighted by molar-refractivity contribution is 5.74. The van der Waals surface area contributed by atoms with Gasteiger partial charge in [-0.15, -0.1) is 0 Å². The first-order chi connectivity index (χ1) is 11.4. The number of imidazole rings is 1. The van der Waals surface area contributed by atoms with Gasteiger partial charge in [0, 0.05) is 30.0 Å². The van der Waals surface area contributed by atoms with E-state index < -0.39 is 0 Å². The molecular weight excluding hydrogens is 307 g/mol. The van der Waals surface area contributed by atoms with E-state index in [1.54, 1.807) is 29.4 Å². The molecule has 0 fully saturated rings. The lowest BCUT2D eigenvalue weighted by atomic mass is 10.2. The van der Waals surface area contributed by atoms with Crippen molar-refractivity contribution >= 4 is 6.03 Å². The van der Waals surface area contributed by atoms with Gasteiger partial charge < -0.3 is 14.8 Å². The molecule has 0 aliphatic heterocycles. The topological polar surface area (TPSA) is 50.2 Å². The van der Waals surface area contributed by atoms with Crippen molar-refractivity contribution < 1.29 is 9.18 Å². The zero-order valence-corrected chi connectivity index (χ0v) is 14.7. The number of hydrogen-bond acceptors (Lipinski definition) is 2. The van der Waals surface area contributed by atoms with E-state index in [0.29, 0.717) is 18.7 Å². The van der Waals surface area contributed by atoms with Crippen LogP contribution in [0.5, 0.6) is 0 Å². The van der Waals surface area contributed by atoms with Crippen LogP contribution in [0.25, 0.3) is 0 Å². The normalized spacial score (nSPS) is 11.1. The van der Waals surface area contributed by atoms with Crippen molar-refractivity contribution in [3.05, 3.63) is 53.9 Å². The van der Waals surface area contributed by atoms with Crippen LogP contribution < -0.4 is 5.32 Å². The second kappa shape index (κ2) is 7.95. The van der Waals surface area contributed by atoms with E-state index >= 15 is 0 Å². The third-order valence-corrected chi connectivity index (χ3v) is 3.71. The van der Waals surface area contributed by atoms with Crippen molar-refractivity contribution in [1.82, 2.24) is 19.8 Å². The summed E-state index contributed by atoms with van der Waals surface area (Å²) >= 11 is 0. The monoisotopic (exact) mass is 332 g/mol. The zero-order valence-electron chi connectivity index (χ0n) is 14.7. The van der Waals surface area contributed by atoms with Crippen molar-refractivity contribution in [1.29, 1.82) is 0 Å². The minimum Gasteiger partial charge on any atom is -0.336 e. The molecule has 0 radical (unpaired) electrons. The van der Waals surface area contributed by atoms with Gasteiger partial charge in [-0.3, -0.25) is 0 Å². The van der Waals surface area contributed by atoms with Crippen LogP contribution in [0.3, 0.4) is 0 Å². The molecule has 2 rings (SSSR count). The van der Waals surface area contributed by atoms with E-state index in [1.165, 1.54) is 6.07 Å². The Morgan fingerprint density at radius 3 is 2.62 bits per heavy atom. The van der Waals surface area contributed by atoms with E-state index in [9.17, 15) is 9.18 Å². The summed E-state index contributed by atoms with van der Waals surface area (Å²) in [5.41, 5.74) is 0.597. The third kappa shape index (κ3) is 4.57. The average molecular weight is 332 g/mol. The second-order valence-electron chi connectivity index (χ2n) is 6.39. The number of carbonyl (C=O) groups excluding carboxylic acids is 1. The van der Waals surface area contributed by atoms with Crippen molar-refractivity contribution in [2.24, 2.45) is 0 Å². The Kier molecular flexibility index (Phi) is 5.95. The van der Waals surface area contributed by atoms with Gasteiger partial charge in [-0.1, -0.05) is 18.2 Å². The molecule has 1 heterocycles. The summed E-state index contributed by atoms with van der Waals surface area (Å²) in [6.45, 7) is 8.54. The fraction of sp³-hybridized carbons (Fsp3) is 0.444. The van der Waals surface area contributed by atoms with E-state index in [0.717, 1.165) is 5.82 Å². The number of nitrogens with one attached hydrogen (secondary N) is 1. The van der Waals surface area contributed by atoms with Crippen molar-refractivity contribution in [2.75, 3.05) is 0 Å². The number of carbonyl (C=O) groups is 1. The summed E-state index contributed by atoms with van der Waals surface area (Å²) in [5, 5.41) is 2.90. The predicted molar refractivity (Wildman–Crippen MR) is 92.1 cm³/mol. The van der Waals surface area contributed by atoms with Gasteiger partial charge in [-0.25, -0.2) is 14.2 Å². The van der Waals surface area contributed by atoms with Gasteiger partial charge in [0.2, 0.25) is 0 Å². The maximum Gasteiger partial charge on any atom is 0.318 e. The highest BCUT2D eigenvalue weighted by atomic mass is 19.1. The van der Waals surface area contributed by atoms with Gasteiger partial charge in [-0.2, -0.15) is 0 Å². The molecule has 0 aliphatic carbocycles. The number of nitrogens with zero attached hydrogens (tertiary/aromatic N) is 3. The third-order valence-electron chi connectivity index (χ3n) is 3.71. The number of urea groups is 1. The Balaban J connectivity index is 2.16. The van der Waals surface area contributed by atoms with Crippen LogP contribution in [-0.4, -0.2) is 32.6 Å². The molecule has 0 bridgehead atoms. The fourth-order valence-corrected chi connectivity index (χ4v) is 2.42. The lowest BCUT2D eigenvalue weighted by molar-refractivity contribution is 0.174. The Labute approximate surface area is 142 Å². The van der Waals surface area contributed by atoms with E-state index in [1.807, 2.05) is 38.3 Å². The summed E-state index contributed by atoms with van der Waals surface area (Å²) in [6.07, 6.45) is 3.48. The van der Waals surface area contributed by atoms with E-state index in [4.69, 9.17) is 0 Å². The standard InChI is InChI=1S/C18H25FN4O/c1-13(2)21-18(24)23(14(3)4)12-17-20-9-10-22(17)11-15-7-5-6-8-16(15)19/h5-10,13-14H,11-12H2,1-4H3,(H,21,24). The number of aromatic nitrogens is 2. The van der Waals surface area contributed by atoms with Gasteiger partial charge in [0.25, 0.3) is 0 Å². The molecule has 0 saturated heterocycles. The van der Waals surface area contributed by atoms with Crippen molar-refractivity contribution in [3.63, 3.8) is 0 Å². The predicted octanol–water partition coefficient (Wildman–Crippen LogP) is 3.40. The minimum atomic E-state index is -0.240. The van der Waals surface area contributed by atoms with Crippen LogP contribution >= 0.6 is 0 Å². The van der Waals surface area contributed by atoms with Crippen LogP contribution in [0.1, 0.15) is 39.1 Å². The maximum atomic E-state index is 13.9. The number of hydrogen-bond donors (Lipinski definition) is 1. The largest absolute Gasteiger partial charge is 0.336 e. The molecular formula is C18H25FN4O. The SMILES string of the molecule is CC(C)NC(=O)N(Cc1nccn1Cc1ccccc1F)C(C)C. The summed E-state index contributed by atoms with van der Waals surface area (Å²) in [4.78, 5) is 18.4. The smallest absolute Gasteiger partial charge is 0.318 e. The van der Waals surface area contributed by atoms with Crippen LogP contribution in [0.4, 0.5) is 9.18 Å². The second-order valence-corrected chi connectivity index (χ2v) is 6.39. The molecule has 0 spiro atoms. The minimum absolute atomic E-state index is 0.0300. The van der Waals surface area contributed by atoms with Crippen LogP contribution in [0.15, 0.2) is 36.7 Å². The van der Waals surface area contributed by atoms with Crippen LogP contribution in [0.2, 0.25) is 0 Å². The molecule has 0 atom stereocenters. The highest BCUT2D eigenvalue weighted by Crippen LogP contribution is 2.13. The van der Waals surface area contributed by atoms with E-state index in [-0.39, 0.29) is 23.9 Å². The summed E-state index contributed by atoms with van der Waals surface area (Å²) < 4.78 is 15.7. The first kappa shape index (κ1) is 18.0. The van der Waals surface area contributed by atoms with Crippen LogP contribution in [-0.2, 0) is 13.1 Å². The Hall–Kier alpha value is -2.37. The number of benzene rings is 1. The summed E-state index contributed by atoms with van der Waals surface area (Å²) in [5.74, 6) is 0.487. The molecule has 0 aliphatic rings. The fourth-order valence-electron chi connectivity index (χ4n) is 2.42. The Morgan fingerprint density at radius 1 is 1.29 bits per heavy atom. The molecule has 1 aromatic carbocycles. The lowest BCUT2D eigenvalue weighted by Crippen LogP contribution is -2.46. The quantitative estimate of drug-likeness (QED) is 0.881. The van der Waals surface area contributed by atoms with Gasteiger partial charge in [-0.05, 0) is 33.8 Å². The molecule has 0 unspecified atom stereocenters. The Bertz CT molecular complexity index is 681. The zero-order chi connectivity index (χ0) is 17.7. The van der Waals surface area contributed by atoms with Gasteiger partial charge in [0.05, 0.1) is 13.1 Å². The molecule has 1 N–H and O–H groups in total. The number of amides is 2.